The molecule has 0 saturated carbocycles. The Balaban J connectivity index is 1.90. The molecule has 1 aliphatic heterocycles. The van der Waals surface area contributed by atoms with Crippen LogP contribution in [0.5, 0.6) is 0 Å². The van der Waals surface area contributed by atoms with Crippen LogP contribution >= 0.6 is 0 Å². The summed E-state index contributed by atoms with van der Waals surface area (Å²) in [5.74, 6) is -2.79. The van der Waals surface area contributed by atoms with E-state index in [1.54, 1.807) is 60.7 Å². The van der Waals surface area contributed by atoms with Crippen LogP contribution in [-0.4, -0.2) is 68.3 Å². The molecule has 3 rings (SSSR count). The summed E-state index contributed by atoms with van der Waals surface area (Å²) < 4.78 is 32.9. The first-order valence-electron chi connectivity index (χ1n) is 10.8. The summed E-state index contributed by atoms with van der Waals surface area (Å²) in [6.45, 7) is 1.95. The van der Waals surface area contributed by atoms with E-state index in [1.165, 1.54) is 7.11 Å². The SMILES string of the molecule is CO[C@@H]1O[C@H](COC(=O)c2ccccc2)[C@@H](OC(=O)c2ccccc2)[C@H](OC(C)=O)[C@H]1OC(C)=O. The summed E-state index contributed by atoms with van der Waals surface area (Å²) in [4.78, 5) is 49.0. The Morgan fingerprint density at radius 2 is 1.23 bits per heavy atom. The summed E-state index contributed by atoms with van der Waals surface area (Å²) in [6, 6.07) is 16.4. The van der Waals surface area contributed by atoms with Crippen molar-refractivity contribution in [2.24, 2.45) is 0 Å². The monoisotopic (exact) mass is 486 g/mol. The minimum Gasteiger partial charge on any atom is -0.459 e. The number of esters is 4. The average molecular weight is 486 g/mol. The Labute approximate surface area is 202 Å². The summed E-state index contributed by atoms with van der Waals surface area (Å²) >= 11 is 0. The average Bonchev–Trinajstić information content (AvgIpc) is 2.85. The smallest absolute Gasteiger partial charge is 0.338 e. The van der Waals surface area contributed by atoms with Crippen molar-refractivity contribution in [1.29, 1.82) is 0 Å². The normalized spacial score (nSPS) is 23.6. The van der Waals surface area contributed by atoms with Gasteiger partial charge in [0.1, 0.15) is 12.7 Å². The second-order valence-corrected chi connectivity index (χ2v) is 7.63. The van der Waals surface area contributed by atoms with Gasteiger partial charge in [-0.25, -0.2) is 9.59 Å². The predicted molar refractivity (Wildman–Crippen MR) is 119 cm³/mol. The number of ether oxygens (including phenoxy) is 6. The van der Waals surface area contributed by atoms with Crippen molar-refractivity contribution in [2.75, 3.05) is 13.7 Å². The molecule has 1 saturated heterocycles. The number of carbonyl (C=O) groups excluding carboxylic acids is 4. The van der Waals surface area contributed by atoms with Gasteiger partial charge in [-0.15, -0.1) is 0 Å². The Kier molecular flexibility index (Phi) is 8.93. The molecule has 0 amide bonds. The van der Waals surface area contributed by atoms with Gasteiger partial charge in [0.15, 0.2) is 24.6 Å². The van der Waals surface area contributed by atoms with Gasteiger partial charge in [-0.05, 0) is 24.3 Å². The van der Waals surface area contributed by atoms with Crippen LogP contribution in [0.4, 0.5) is 0 Å². The van der Waals surface area contributed by atoms with Crippen LogP contribution in [0.15, 0.2) is 60.7 Å². The number of carbonyl (C=O) groups is 4. The maximum atomic E-state index is 12.9. The van der Waals surface area contributed by atoms with Crippen molar-refractivity contribution in [2.45, 2.75) is 44.6 Å². The zero-order chi connectivity index (χ0) is 25.4. The van der Waals surface area contributed by atoms with E-state index in [2.05, 4.69) is 0 Å². The molecule has 0 spiro atoms. The number of methoxy groups -OCH3 is 1. The summed E-state index contributed by atoms with van der Waals surface area (Å²) in [7, 11) is 1.30. The van der Waals surface area contributed by atoms with Gasteiger partial charge in [-0.1, -0.05) is 36.4 Å². The molecule has 10 heteroatoms. The fraction of sp³-hybridized carbons (Fsp3) is 0.360. The van der Waals surface area contributed by atoms with E-state index in [0.29, 0.717) is 5.56 Å². The third-order valence-electron chi connectivity index (χ3n) is 5.07. The standard InChI is InChI=1S/C25H26O10/c1-15(26)32-21-20(35-24(29)18-12-8-5-9-13-18)19(34-25(30-3)22(21)33-16(2)27)14-31-23(28)17-10-6-4-7-11-17/h4-13,19-22,25H,14H2,1-3H3/t19-,20-,21+,22-,25-/m1/s1. The largest absolute Gasteiger partial charge is 0.459 e. The van der Waals surface area contributed by atoms with E-state index < -0.39 is 54.6 Å². The lowest BCUT2D eigenvalue weighted by Crippen LogP contribution is -2.62. The molecule has 0 radical (unpaired) electrons. The van der Waals surface area contributed by atoms with E-state index in [9.17, 15) is 19.2 Å². The summed E-state index contributed by atoms with van der Waals surface area (Å²) in [5, 5.41) is 0. The van der Waals surface area contributed by atoms with E-state index in [-0.39, 0.29) is 12.2 Å². The molecule has 0 bridgehead atoms. The quantitative estimate of drug-likeness (QED) is 0.405. The van der Waals surface area contributed by atoms with E-state index in [4.69, 9.17) is 28.4 Å². The molecule has 186 valence electrons. The van der Waals surface area contributed by atoms with Crippen molar-refractivity contribution >= 4 is 23.9 Å². The Bertz CT molecular complexity index is 1020. The molecular formula is C25H26O10. The van der Waals surface area contributed by atoms with Crippen molar-refractivity contribution in [1.82, 2.24) is 0 Å². The van der Waals surface area contributed by atoms with Gasteiger partial charge >= 0.3 is 23.9 Å². The van der Waals surface area contributed by atoms with Gasteiger partial charge in [0.05, 0.1) is 11.1 Å². The molecule has 0 N–H and O–H groups in total. The summed E-state index contributed by atoms with van der Waals surface area (Å²) in [5.41, 5.74) is 0.533. The molecule has 2 aromatic rings. The maximum absolute atomic E-state index is 12.9. The lowest BCUT2D eigenvalue weighted by molar-refractivity contribution is -0.299. The molecule has 5 atom stereocenters. The lowest BCUT2D eigenvalue weighted by Gasteiger charge is -2.43. The topological polar surface area (TPSA) is 124 Å². The van der Waals surface area contributed by atoms with Crippen LogP contribution in [0.2, 0.25) is 0 Å². The van der Waals surface area contributed by atoms with E-state index in [0.717, 1.165) is 13.8 Å². The van der Waals surface area contributed by atoms with Crippen LogP contribution in [-0.2, 0) is 38.0 Å². The van der Waals surface area contributed by atoms with Crippen LogP contribution in [0.25, 0.3) is 0 Å². The van der Waals surface area contributed by atoms with E-state index in [1.807, 2.05) is 0 Å². The predicted octanol–water partition coefficient (Wildman–Crippen LogP) is 2.30. The van der Waals surface area contributed by atoms with Crippen LogP contribution in [0.3, 0.4) is 0 Å². The first-order valence-corrected chi connectivity index (χ1v) is 10.8. The third kappa shape index (κ3) is 6.87. The molecule has 0 aromatic heterocycles. The van der Waals surface area contributed by atoms with Crippen molar-refractivity contribution < 1.29 is 47.6 Å². The van der Waals surface area contributed by atoms with Gasteiger partial charge in [0.25, 0.3) is 0 Å². The highest BCUT2D eigenvalue weighted by Crippen LogP contribution is 2.30. The van der Waals surface area contributed by atoms with Gasteiger partial charge in [-0.2, -0.15) is 0 Å². The molecule has 10 nitrogen and oxygen atoms in total. The zero-order valence-corrected chi connectivity index (χ0v) is 19.4. The zero-order valence-electron chi connectivity index (χ0n) is 19.4. The highest BCUT2D eigenvalue weighted by Gasteiger charge is 2.52. The van der Waals surface area contributed by atoms with Crippen molar-refractivity contribution in [3.05, 3.63) is 71.8 Å². The summed E-state index contributed by atoms with van der Waals surface area (Å²) in [6.07, 6.45) is -6.17. The van der Waals surface area contributed by atoms with Crippen LogP contribution < -0.4 is 0 Å². The molecule has 0 aliphatic carbocycles. The van der Waals surface area contributed by atoms with Gasteiger partial charge < -0.3 is 28.4 Å². The molecule has 0 unspecified atom stereocenters. The molecule has 1 heterocycles. The fourth-order valence-electron chi connectivity index (χ4n) is 3.57. The third-order valence-corrected chi connectivity index (χ3v) is 5.07. The Hall–Kier alpha value is -3.76. The Morgan fingerprint density at radius 1 is 0.714 bits per heavy atom. The maximum Gasteiger partial charge on any atom is 0.338 e. The highest BCUT2D eigenvalue weighted by atomic mass is 16.7. The second-order valence-electron chi connectivity index (χ2n) is 7.63. The number of hydrogen-bond acceptors (Lipinski definition) is 10. The molecular weight excluding hydrogens is 460 g/mol. The van der Waals surface area contributed by atoms with Crippen molar-refractivity contribution in [3.8, 4) is 0 Å². The first-order chi connectivity index (χ1) is 16.8. The number of benzene rings is 2. The van der Waals surface area contributed by atoms with E-state index >= 15 is 0 Å². The van der Waals surface area contributed by atoms with Crippen LogP contribution in [0, 0.1) is 0 Å². The molecule has 35 heavy (non-hydrogen) atoms. The van der Waals surface area contributed by atoms with Crippen LogP contribution in [0.1, 0.15) is 34.6 Å². The molecule has 1 aliphatic rings. The highest BCUT2D eigenvalue weighted by molar-refractivity contribution is 5.90. The van der Waals surface area contributed by atoms with Crippen molar-refractivity contribution in [3.63, 3.8) is 0 Å². The molecule has 1 fully saturated rings. The number of rotatable bonds is 8. The van der Waals surface area contributed by atoms with Gasteiger partial charge in [0.2, 0.25) is 0 Å². The molecule has 2 aromatic carbocycles. The second kappa shape index (κ2) is 12.1. The minimum atomic E-state index is -1.30. The lowest BCUT2D eigenvalue weighted by atomic mass is 9.98. The minimum absolute atomic E-state index is 0.229. The first kappa shape index (κ1) is 25.9. The number of hydrogen-bond donors (Lipinski definition) is 0. The fourth-order valence-corrected chi connectivity index (χ4v) is 3.57. The van der Waals surface area contributed by atoms with Gasteiger partial charge in [0, 0.05) is 21.0 Å². The van der Waals surface area contributed by atoms with Gasteiger partial charge in [-0.3, -0.25) is 9.59 Å². The Morgan fingerprint density at radius 3 is 1.74 bits per heavy atom.